The lowest BCUT2D eigenvalue weighted by Gasteiger charge is -2.49. The molecule has 3 rings (SSSR count). The van der Waals surface area contributed by atoms with Crippen LogP contribution in [0.5, 0.6) is 0 Å². The molecule has 0 radical (unpaired) electrons. The highest BCUT2D eigenvalue weighted by molar-refractivity contribution is 5.47. The fourth-order valence-corrected chi connectivity index (χ4v) is 2.70. The Morgan fingerprint density at radius 2 is 2.30 bits per heavy atom. The predicted molar refractivity (Wildman–Crippen MR) is 79.6 cm³/mol. The molecule has 4 heteroatoms. The van der Waals surface area contributed by atoms with Crippen molar-refractivity contribution in [2.45, 2.75) is 39.0 Å². The van der Waals surface area contributed by atoms with Crippen LogP contribution in [0.1, 0.15) is 25.8 Å². The first-order valence-electron chi connectivity index (χ1n) is 7.05. The highest BCUT2D eigenvalue weighted by atomic mass is 16.3. The van der Waals surface area contributed by atoms with Gasteiger partial charge in [-0.3, -0.25) is 0 Å². The van der Waals surface area contributed by atoms with Crippen LogP contribution in [0.25, 0.3) is 0 Å². The molecule has 2 atom stereocenters. The minimum absolute atomic E-state index is 0.0552. The molecule has 4 nitrogen and oxygen atoms in total. The molecule has 20 heavy (non-hydrogen) atoms. The molecule has 1 heterocycles. The van der Waals surface area contributed by atoms with E-state index in [-0.39, 0.29) is 11.5 Å². The van der Waals surface area contributed by atoms with Crippen LogP contribution in [0.4, 0.5) is 5.69 Å². The highest BCUT2D eigenvalue weighted by Gasteiger charge is 2.47. The molecular formula is C16H21N3O. The van der Waals surface area contributed by atoms with Gasteiger partial charge in [-0.05, 0) is 24.1 Å². The normalized spacial score (nSPS) is 24.1. The molecule has 0 spiro atoms. The van der Waals surface area contributed by atoms with Gasteiger partial charge in [0.1, 0.15) is 0 Å². The monoisotopic (exact) mass is 271 g/mol. The number of anilines is 1. The first-order chi connectivity index (χ1) is 9.55. The van der Waals surface area contributed by atoms with E-state index in [0.29, 0.717) is 6.04 Å². The van der Waals surface area contributed by atoms with Gasteiger partial charge in [-0.25, -0.2) is 4.98 Å². The molecule has 0 saturated heterocycles. The minimum atomic E-state index is -0.200. The van der Waals surface area contributed by atoms with Crippen LogP contribution in [0.3, 0.4) is 0 Å². The second kappa shape index (κ2) is 4.94. The maximum Gasteiger partial charge on any atom is 0.0949 e. The van der Waals surface area contributed by atoms with Gasteiger partial charge >= 0.3 is 0 Å². The van der Waals surface area contributed by atoms with Crippen LogP contribution in [0.15, 0.2) is 43.0 Å². The Hall–Kier alpha value is -1.81. The van der Waals surface area contributed by atoms with Crippen molar-refractivity contribution >= 4 is 5.69 Å². The second-order valence-corrected chi connectivity index (χ2v) is 6.21. The van der Waals surface area contributed by atoms with E-state index in [1.807, 2.05) is 12.5 Å². The van der Waals surface area contributed by atoms with Crippen molar-refractivity contribution in [3.8, 4) is 0 Å². The van der Waals surface area contributed by atoms with E-state index in [1.54, 1.807) is 6.20 Å². The quantitative estimate of drug-likeness (QED) is 0.898. The second-order valence-electron chi connectivity index (χ2n) is 6.21. The van der Waals surface area contributed by atoms with Crippen LogP contribution < -0.4 is 5.32 Å². The molecule has 1 fully saturated rings. The summed E-state index contributed by atoms with van der Waals surface area (Å²) in [5.74, 6) is 0. The Kier molecular flexibility index (Phi) is 3.26. The predicted octanol–water partition coefficient (Wildman–Crippen LogP) is 2.50. The number of hydrogen-bond donors (Lipinski definition) is 2. The number of aromatic nitrogens is 2. The number of nitrogens with one attached hydrogen (secondary N) is 1. The molecule has 2 unspecified atom stereocenters. The molecular weight excluding hydrogens is 250 g/mol. The average molecular weight is 271 g/mol. The molecule has 1 aromatic carbocycles. The summed E-state index contributed by atoms with van der Waals surface area (Å²) in [6, 6.07) is 8.77. The van der Waals surface area contributed by atoms with E-state index in [9.17, 15) is 5.11 Å². The van der Waals surface area contributed by atoms with Gasteiger partial charge in [-0.1, -0.05) is 26.0 Å². The third-order valence-corrected chi connectivity index (χ3v) is 4.41. The lowest BCUT2D eigenvalue weighted by atomic mass is 9.64. The average Bonchev–Trinajstić information content (AvgIpc) is 2.92. The Morgan fingerprint density at radius 3 is 2.95 bits per heavy atom. The molecule has 1 aromatic heterocycles. The van der Waals surface area contributed by atoms with Crippen LogP contribution in [0.2, 0.25) is 0 Å². The summed E-state index contributed by atoms with van der Waals surface area (Å²) in [5, 5.41) is 13.3. The zero-order chi connectivity index (χ0) is 14.2. The number of hydrogen-bond acceptors (Lipinski definition) is 3. The SMILES string of the molecule is CC1(C)C(O)CC1Nc1cccc(Cn2ccnc2)c1. The highest BCUT2D eigenvalue weighted by Crippen LogP contribution is 2.42. The molecule has 2 N–H and O–H groups in total. The molecule has 106 valence electrons. The zero-order valence-corrected chi connectivity index (χ0v) is 12.0. The topological polar surface area (TPSA) is 50.1 Å². The van der Waals surface area contributed by atoms with Gasteiger partial charge in [0.15, 0.2) is 0 Å². The molecule has 2 aromatic rings. The summed E-state index contributed by atoms with van der Waals surface area (Å²) < 4.78 is 2.05. The van der Waals surface area contributed by atoms with E-state index < -0.39 is 0 Å². The summed E-state index contributed by atoms with van der Waals surface area (Å²) in [6.45, 7) is 5.04. The Balaban J connectivity index is 1.69. The number of nitrogens with zero attached hydrogens (tertiary/aromatic N) is 2. The van der Waals surface area contributed by atoms with Crippen LogP contribution in [0, 0.1) is 5.41 Å². The van der Waals surface area contributed by atoms with Crippen molar-refractivity contribution in [2.75, 3.05) is 5.32 Å². The molecule has 1 aliphatic rings. The Morgan fingerprint density at radius 1 is 1.45 bits per heavy atom. The molecule has 0 aliphatic heterocycles. The van der Waals surface area contributed by atoms with Gasteiger partial charge < -0.3 is 15.0 Å². The van der Waals surface area contributed by atoms with E-state index in [0.717, 1.165) is 18.7 Å². The molecule has 0 bridgehead atoms. The summed E-state index contributed by atoms with van der Waals surface area (Å²) in [6.07, 6.45) is 6.20. The smallest absolute Gasteiger partial charge is 0.0949 e. The third kappa shape index (κ3) is 2.43. The molecule has 1 aliphatic carbocycles. The fourth-order valence-electron chi connectivity index (χ4n) is 2.70. The van der Waals surface area contributed by atoms with Crippen molar-refractivity contribution in [3.05, 3.63) is 48.5 Å². The van der Waals surface area contributed by atoms with Gasteiger partial charge in [0, 0.05) is 36.1 Å². The van der Waals surface area contributed by atoms with E-state index in [4.69, 9.17) is 0 Å². The van der Waals surface area contributed by atoms with Crippen molar-refractivity contribution in [1.29, 1.82) is 0 Å². The maximum absolute atomic E-state index is 9.80. The summed E-state index contributed by atoms with van der Waals surface area (Å²) in [4.78, 5) is 4.06. The van der Waals surface area contributed by atoms with E-state index in [1.165, 1.54) is 5.56 Å². The Bertz CT molecular complexity index is 577. The van der Waals surface area contributed by atoms with Crippen molar-refractivity contribution in [3.63, 3.8) is 0 Å². The number of aliphatic hydroxyl groups is 1. The number of benzene rings is 1. The third-order valence-electron chi connectivity index (χ3n) is 4.41. The zero-order valence-electron chi connectivity index (χ0n) is 12.0. The van der Waals surface area contributed by atoms with Gasteiger partial charge in [0.25, 0.3) is 0 Å². The first kappa shape index (κ1) is 13.2. The lowest BCUT2D eigenvalue weighted by molar-refractivity contribution is -0.0510. The van der Waals surface area contributed by atoms with Gasteiger partial charge in [0.2, 0.25) is 0 Å². The van der Waals surface area contributed by atoms with Crippen LogP contribution in [-0.2, 0) is 6.54 Å². The van der Waals surface area contributed by atoms with Crippen LogP contribution >= 0.6 is 0 Å². The van der Waals surface area contributed by atoms with Gasteiger partial charge in [-0.15, -0.1) is 0 Å². The number of rotatable bonds is 4. The number of aliphatic hydroxyl groups excluding tert-OH is 1. The fraction of sp³-hybridized carbons (Fsp3) is 0.438. The molecule has 1 saturated carbocycles. The molecule has 0 amide bonds. The maximum atomic E-state index is 9.80. The number of imidazole rings is 1. The minimum Gasteiger partial charge on any atom is -0.392 e. The lowest BCUT2D eigenvalue weighted by Crippen LogP contribution is -2.56. The van der Waals surface area contributed by atoms with Gasteiger partial charge in [0.05, 0.1) is 12.4 Å². The largest absolute Gasteiger partial charge is 0.392 e. The van der Waals surface area contributed by atoms with E-state index >= 15 is 0 Å². The first-order valence-corrected chi connectivity index (χ1v) is 7.05. The van der Waals surface area contributed by atoms with Crippen LogP contribution in [-0.4, -0.2) is 26.8 Å². The van der Waals surface area contributed by atoms with Crippen molar-refractivity contribution < 1.29 is 5.11 Å². The summed E-state index contributed by atoms with van der Waals surface area (Å²) in [7, 11) is 0. The van der Waals surface area contributed by atoms with Gasteiger partial charge in [-0.2, -0.15) is 0 Å². The van der Waals surface area contributed by atoms with E-state index in [2.05, 4.69) is 53.0 Å². The summed E-state index contributed by atoms with van der Waals surface area (Å²) in [5.41, 5.74) is 2.30. The van der Waals surface area contributed by atoms with Crippen molar-refractivity contribution in [1.82, 2.24) is 9.55 Å². The summed E-state index contributed by atoms with van der Waals surface area (Å²) >= 11 is 0. The van der Waals surface area contributed by atoms with Crippen molar-refractivity contribution in [2.24, 2.45) is 5.41 Å². The Labute approximate surface area is 119 Å². The standard InChI is InChI=1S/C16H21N3O/c1-16(2)14(9-15(16)20)18-13-5-3-4-12(8-13)10-19-7-6-17-11-19/h3-8,11,14-15,18,20H,9-10H2,1-2H3.